The molecule has 0 spiro atoms. The molecule has 0 radical (unpaired) electrons. The van der Waals surface area contributed by atoms with Gasteiger partial charge in [-0.15, -0.1) is 0 Å². The van der Waals surface area contributed by atoms with Crippen molar-refractivity contribution in [3.05, 3.63) is 0 Å². The number of fused-ring (bicyclic) bond motifs is 3. The van der Waals surface area contributed by atoms with Crippen LogP contribution < -0.4 is 34.0 Å². The molecule has 20 N–H and O–H groups in total. The summed E-state index contributed by atoms with van der Waals surface area (Å²) >= 11 is 0. The summed E-state index contributed by atoms with van der Waals surface area (Å²) in [4.78, 5) is 2.60. The molecule has 3 aliphatic heterocycles. The molecular weight excluding hydrogens is 1050 g/mol. The normalized spacial score (nSPS) is 18.7. The molecule has 6 atom stereocenters. The molecule has 4 fully saturated rings. The zero-order valence-corrected chi connectivity index (χ0v) is 56.7. The van der Waals surface area contributed by atoms with Crippen LogP contribution in [0.2, 0.25) is 0 Å². The van der Waals surface area contributed by atoms with Gasteiger partial charge in [-0.25, -0.2) is 0 Å². The van der Waals surface area contributed by atoms with Crippen LogP contribution >= 0.6 is 0 Å². The fourth-order valence-electron chi connectivity index (χ4n) is 11.4. The summed E-state index contributed by atoms with van der Waals surface area (Å²) in [5.74, 6) is 3.30. The molecule has 3 saturated heterocycles. The van der Waals surface area contributed by atoms with Gasteiger partial charge in [0, 0.05) is 65.4 Å². The zero-order chi connectivity index (χ0) is 64.1. The van der Waals surface area contributed by atoms with Crippen molar-refractivity contribution in [1.82, 2.24) is 10.2 Å². The van der Waals surface area contributed by atoms with E-state index in [0.29, 0.717) is 81.5 Å². The lowest BCUT2D eigenvalue weighted by Gasteiger charge is -2.49. The van der Waals surface area contributed by atoms with Gasteiger partial charge in [-0.1, -0.05) is 159 Å². The molecule has 2 bridgehead atoms. The van der Waals surface area contributed by atoms with Crippen LogP contribution in [-0.2, 0) is 0 Å². The maximum absolute atomic E-state index is 9.58. The lowest BCUT2D eigenvalue weighted by molar-refractivity contribution is -0.00901. The Hall–Kier alpha value is -0.640. The number of aliphatic hydroxyl groups is 9. The smallest absolute Gasteiger partial charge is 0.0553 e. The highest BCUT2D eigenvalue weighted by molar-refractivity contribution is 4.92. The third kappa shape index (κ3) is 72.0. The third-order valence-corrected chi connectivity index (χ3v) is 15.7. The number of nitrogens with zero attached hydrogens (tertiary/aromatic N) is 1. The highest BCUT2D eigenvalue weighted by atomic mass is 16.3. The molecule has 510 valence electrons. The van der Waals surface area contributed by atoms with Gasteiger partial charge in [0.15, 0.2) is 0 Å². The van der Waals surface area contributed by atoms with E-state index in [0.717, 1.165) is 167 Å². The Labute approximate surface area is 515 Å². The molecule has 0 aromatic heterocycles. The number of nitrogens with two attached hydrogens (primary N) is 5. The van der Waals surface area contributed by atoms with Gasteiger partial charge in [0.05, 0.1) is 12.7 Å². The summed E-state index contributed by atoms with van der Waals surface area (Å²) in [5, 5.41) is 80.2. The second-order valence-corrected chi connectivity index (χ2v) is 24.9. The molecule has 1 saturated carbocycles. The number of rotatable bonds is 39. The van der Waals surface area contributed by atoms with Crippen LogP contribution in [0.3, 0.4) is 0 Å². The Morgan fingerprint density at radius 2 is 0.855 bits per heavy atom. The summed E-state index contributed by atoms with van der Waals surface area (Å²) in [7, 11) is 0. The third-order valence-electron chi connectivity index (χ3n) is 15.7. The van der Waals surface area contributed by atoms with Crippen molar-refractivity contribution in [3.8, 4) is 0 Å². The maximum atomic E-state index is 9.58. The van der Waals surface area contributed by atoms with Gasteiger partial charge in [-0.2, -0.15) is 0 Å². The standard InChI is InChI=1S/C11H21NO.C10H23NO.C10H20O.C9H21NO.C8H19NO.C7H17NO.C6H15NO.C4H10O.C2H7NO/c1-2-9-8-12-5-3-10(9)7-11(12)4-6-13;1-3-9(5-7-11)10(4-2)6-8-12;1-9(2)5-8(11)6-10(3,4)7-9;1-2-3-4-7-10-8-5-6-9-11;9-7-5-3-1-2-4-6-8-10;8-6-4-2-1-3-5-7-9;7-5-3-1-2-4-6-8;1-2-3-4-5;3-1-2-4/h9-11,13H,2-8H2,1H3;9-10,12H,3-8,11H2,1-2H3;8,11H,5-7H2,1-4H3;10-11H,2-9H2,1H3;10H,1-9H2;9H,1-8H2;8H,1-7H2;5H,2-4H2,1H3;4H,1-3H2. The minimum atomic E-state index is -0.0752. The molecule has 16 nitrogen and oxygen atoms in total. The number of unbranched alkanes of at least 4 members (excludes halogenated alkanes) is 16. The van der Waals surface area contributed by atoms with Crippen molar-refractivity contribution in [3.63, 3.8) is 0 Å². The Kier molecular flexibility index (Phi) is 85.2. The molecule has 4 rings (SSSR count). The fourth-order valence-corrected chi connectivity index (χ4v) is 11.4. The molecule has 83 heavy (non-hydrogen) atoms. The largest absolute Gasteiger partial charge is 0.396 e. The van der Waals surface area contributed by atoms with Crippen LogP contribution in [-0.4, -0.2) is 175 Å². The highest BCUT2D eigenvalue weighted by Crippen LogP contribution is 2.45. The second-order valence-electron chi connectivity index (χ2n) is 24.9. The van der Waals surface area contributed by atoms with Crippen molar-refractivity contribution in [2.24, 2.45) is 63.2 Å². The predicted octanol–water partition coefficient (Wildman–Crippen LogP) is 9.76. The van der Waals surface area contributed by atoms with Crippen LogP contribution in [0.5, 0.6) is 0 Å². The Balaban J connectivity index is -0.000000204. The van der Waals surface area contributed by atoms with E-state index >= 15 is 0 Å². The zero-order valence-electron chi connectivity index (χ0n) is 56.7. The van der Waals surface area contributed by atoms with Crippen molar-refractivity contribution in [2.75, 3.05) is 112 Å². The average molecular weight is 1200 g/mol. The van der Waals surface area contributed by atoms with Gasteiger partial charge < -0.3 is 79.9 Å². The van der Waals surface area contributed by atoms with Crippen molar-refractivity contribution < 1.29 is 46.0 Å². The number of aliphatic hydroxyl groups excluding tert-OH is 9. The van der Waals surface area contributed by atoms with Crippen molar-refractivity contribution >= 4 is 0 Å². The highest BCUT2D eigenvalue weighted by Gasteiger charge is 2.39. The van der Waals surface area contributed by atoms with Crippen molar-refractivity contribution in [1.29, 1.82) is 0 Å². The molecule has 6 unspecified atom stereocenters. The Morgan fingerprint density at radius 1 is 0.458 bits per heavy atom. The van der Waals surface area contributed by atoms with E-state index in [4.69, 9.17) is 69.5 Å². The van der Waals surface area contributed by atoms with Gasteiger partial charge in [-0.05, 0) is 196 Å². The summed E-state index contributed by atoms with van der Waals surface area (Å²) in [6.45, 7) is 30.8. The molecule has 1 aliphatic carbocycles. The first-order valence-electron chi connectivity index (χ1n) is 34.4. The van der Waals surface area contributed by atoms with E-state index in [-0.39, 0.29) is 12.7 Å². The minimum absolute atomic E-state index is 0.0752. The van der Waals surface area contributed by atoms with Crippen LogP contribution in [0.15, 0.2) is 0 Å². The summed E-state index contributed by atoms with van der Waals surface area (Å²) in [6, 6.07) is 0.701. The topological polar surface area (TPSA) is 327 Å². The summed E-state index contributed by atoms with van der Waals surface area (Å²) in [5.41, 5.74) is 26.8. The molecular formula is C67H153N7O9. The van der Waals surface area contributed by atoms with Crippen LogP contribution in [0, 0.1) is 34.5 Å². The maximum Gasteiger partial charge on any atom is 0.0553 e. The van der Waals surface area contributed by atoms with Gasteiger partial charge in [-0.3, -0.25) is 4.90 Å². The van der Waals surface area contributed by atoms with Crippen molar-refractivity contribution in [2.45, 2.75) is 286 Å². The molecule has 0 amide bonds. The van der Waals surface area contributed by atoms with E-state index in [1.165, 1.54) is 109 Å². The van der Waals surface area contributed by atoms with Crippen LogP contribution in [0.1, 0.15) is 274 Å². The Bertz CT molecular complexity index is 1080. The van der Waals surface area contributed by atoms with E-state index in [9.17, 15) is 5.11 Å². The van der Waals surface area contributed by atoms with Gasteiger partial charge in [0.1, 0.15) is 0 Å². The van der Waals surface area contributed by atoms with Gasteiger partial charge >= 0.3 is 0 Å². The first-order chi connectivity index (χ1) is 39.9. The molecule has 16 heteroatoms. The SMILES string of the molecule is CC1(C)CC(O)CC(C)(C)C1.CCC(CCN)C(CC)CCO.CCC1CN2CCC1CC2CCO.CCCCCNCCCCO.CCCCO.NCCCCCCCCO.NCCCCCCCO.NCCCCCCO.NCCO. The number of hydrogen-bond acceptors (Lipinski definition) is 16. The molecule has 4 aliphatic rings. The first-order valence-corrected chi connectivity index (χ1v) is 34.4. The lowest BCUT2D eigenvalue weighted by atomic mass is 9.64. The predicted molar refractivity (Wildman–Crippen MR) is 358 cm³/mol. The molecule has 3 heterocycles. The lowest BCUT2D eigenvalue weighted by Crippen LogP contribution is -2.53. The Morgan fingerprint density at radius 3 is 1.16 bits per heavy atom. The monoisotopic (exact) mass is 1200 g/mol. The molecule has 0 aromatic rings. The van der Waals surface area contributed by atoms with Crippen LogP contribution in [0.25, 0.3) is 0 Å². The van der Waals surface area contributed by atoms with Gasteiger partial charge in [0.2, 0.25) is 0 Å². The first kappa shape index (κ1) is 93.5. The van der Waals surface area contributed by atoms with Crippen LogP contribution in [0.4, 0.5) is 0 Å². The number of nitrogens with one attached hydrogen (secondary N) is 1. The van der Waals surface area contributed by atoms with E-state index in [1.807, 2.05) is 0 Å². The van der Waals surface area contributed by atoms with Gasteiger partial charge in [0.25, 0.3) is 0 Å². The quantitative estimate of drug-likeness (QED) is 0.0255. The summed E-state index contributed by atoms with van der Waals surface area (Å²) < 4.78 is 0. The van der Waals surface area contributed by atoms with E-state index in [1.54, 1.807) is 0 Å². The fraction of sp³-hybridized carbons (Fsp3) is 1.00. The molecule has 0 aromatic carbocycles. The van der Waals surface area contributed by atoms with E-state index < -0.39 is 0 Å². The summed E-state index contributed by atoms with van der Waals surface area (Å²) in [6.07, 6.45) is 37.6. The van der Waals surface area contributed by atoms with E-state index in [2.05, 4.69) is 72.5 Å². The average Bonchev–Trinajstić information content (AvgIpc) is 3.67. The number of hydrogen-bond donors (Lipinski definition) is 15. The second kappa shape index (κ2) is 75.6. The minimum Gasteiger partial charge on any atom is -0.396 e. The number of piperidine rings is 3.